The number of aromatic nitrogens is 1. The van der Waals surface area contributed by atoms with Gasteiger partial charge in [-0.1, -0.05) is 18.8 Å². The van der Waals surface area contributed by atoms with Crippen molar-refractivity contribution < 1.29 is 13.2 Å². The number of nitrogens with one attached hydrogen (secondary N) is 1. The Hall–Kier alpha value is -2.69. The van der Waals surface area contributed by atoms with Gasteiger partial charge in [-0.3, -0.25) is 9.78 Å². The summed E-state index contributed by atoms with van der Waals surface area (Å²) >= 11 is 0. The van der Waals surface area contributed by atoms with Gasteiger partial charge in [-0.15, -0.1) is 6.42 Å². The molecule has 0 saturated carbocycles. The largest absolute Gasteiger partial charge is 0.332 e. The van der Waals surface area contributed by atoms with Crippen molar-refractivity contribution in [2.75, 3.05) is 13.1 Å². The molecular formula is C21H23N3O3S. The summed E-state index contributed by atoms with van der Waals surface area (Å²) in [5.74, 6) is 2.14. The first-order valence-electron chi connectivity index (χ1n) is 9.27. The van der Waals surface area contributed by atoms with Crippen molar-refractivity contribution in [3.63, 3.8) is 0 Å². The topological polar surface area (TPSA) is 79.4 Å². The number of sulfonamides is 1. The van der Waals surface area contributed by atoms with Gasteiger partial charge in [-0.25, -0.2) is 8.42 Å². The summed E-state index contributed by atoms with van der Waals surface area (Å²) in [4.78, 5) is 19.2. The lowest BCUT2D eigenvalue weighted by atomic mass is 10.0. The molecule has 2 aromatic rings. The zero-order chi connectivity index (χ0) is 20.0. The summed E-state index contributed by atoms with van der Waals surface area (Å²) in [6, 6.07) is 9.88. The van der Waals surface area contributed by atoms with E-state index in [4.69, 9.17) is 6.42 Å². The van der Waals surface area contributed by atoms with Crippen LogP contribution in [0.25, 0.3) is 0 Å². The highest BCUT2D eigenvalue weighted by Crippen LogP contribution is 2.31. The van der Waals surface area contributed by atoms with Crippen LogP contribution in [0.1, 0.15) is 47.6 Å². The van der Waals surface area contributed by atoms with Crippen LogP contribution in [-0.4, -0.2) is 37.3 Å². The fraction of sp³-hybridized carbons (Fsp3) is 0.333. The van der Waals surface area contributed by atoms with Crippen molar-refractivity contribution in [3.8, 4) is 12.3 Å². The van der Waals surface area contributed by atoms with E-state index in [-0.39, 0.29) is 23.4 Å². The summed E-state index contributed by atoms with van der Waals surface area (Å²) in [6.45, 7) is 0.597. The third-order valence-electron chi connectivity index (χ3n) is 4.88. The zero-order valence-corrected chi connectivity index (χ0v) is 16.4. The standard InChI is InChI=1S/C21H23N3O3S/c1-2-13-23-28(26,27)19-9-7-18(8-10-19)21(25)24-16-5-3-4-6-20(24)17-11-14-22-15-12-17/h1,7-12,14-15,20,23H,3-6,13,16H2. The van der Waals surface area contributed by atoms with Gasteiger partial charge in [-0.2, -0.15) is 4.72 Å². The number of pyridine rings is 1. The zero-order valence-electron chi connectivity index (χ0n) is 15.5. The molecule has 1 aliphatic rings. The van der Waals surface area contributed by atoms with E-state index in [1.54, 1.807) is 24.5 Å². The molecule has 28 heavy (non-hydrogen) atoms. The van der Waals surface area contributed by atoms with Crippen molar-refractivity contribution in [3.05, 3.63) is 59.9 Å². The molecular weight excluding hydrogens is 374 g/mol. The minimum atomic E-state index is -3.67. The molecule has 1 aliphatic heterocycles. The number of nitrogens with zero attached hydrogens (tertiary/aromatic N) is 2. The molecule has 1 atom stereocenters. The molecule has 7 heteroatoms. The van der Waals surface area contributed by atoms with E-state index in [0.29, 0.717) is 12.1 Å². The Morgan fingerprint density at radius 3 is 2.54 bits per heavy atom. The number of likely N-dealkylation sites (tertiary alicyclic amines) is 1. The van der Waals surface area contributed by atoms with Crippen molar-refractivity contribution in [2.24, 2.45) is 0 Å². The van der Waals surface area contributed by atoms with Gasteiger partial charge in [0, 0.05) is 24.5 Å². The number of terminal acetylenes is 1. The van der Waals surface area contributed by atoms with Crippen molar-refractivity contribution in [1.82, 2.24) is 14.6 Å². The van der Waals surface area contributed by atoms with Crippen LogP contribution >= 0.6 is 0 Å². The molecule has 1 saturated heterocycles. The van der Waals surface area contributed by atoms with Gasteiger partial charge in [0.1, 0.15) is 0 Å². The molecule has 146 valence electrons. The minimum Gasteiger partial charge on any atom is -0.332 e. The summed E-state index contributed by atoms with van der Waals surface area (Å²) in [7, 11) is -3.67. The number of rotatable bonds is 5. The predicted molar refractivity (Wildman–Crippen MR) is 107 cm³/mol. The van der Waals surface area contributed by atoms with Gasteiger partial charge in [0.2, 0.25) is 10.0 Å². The lowest BCUT2D eigenvalue weighted by molar-refractivity contribution is 0.0680. The first-order valence-corrected chi connectivity index (χ1v) is 10.8. The summed E-state index contributed by atoms with van der Waals surface area (Å²) in [5.41, 5.74) is 1.54. The van der Waals surface area contributed by atoms with Crippen LogP contribution in [0.5, 0.6) is 0 Å². The minimum absolute atomic E-state index is 0.00120. The Labute approximate surface area is 166 Å². The van der Waals surface area contributed by atoms with Gasteiger partial charge >= 0.3 is 0 Å². The van der Waals surface area contributed by atoms with Crippen molar-refractivity contribution in [2.45, 2.75) is 36.6 Å². The average molecular weight is 398 g/mol. The fourth-order valence-corrected chi connectivity index (χ4v) is 4.38. The van der Waals surface area contributed by atoms with E-state index in [1.807, 2.05) is 17.0 Å². The van der Waals surface area contributed by atoms with Crippen LogP contribution in [0.4, 0.5) is 0 Å². The second kappa shape index (κ2) is 9.00. The third kappa shape index (κ3) is 4.58. The van der Waals surface area contributed by atoms with E-state index >= 15 is 0 Å². The normalized spacial score (nSPS) is 17.5. The first kappa shape index (κ1) is 20.1. The number of carbonyl (C=O) groups is 1. The van der Waals surface area contributed by atoms with Crippen LogP contribution in [0.2, 0.25) is 0 Å². The summed E-state index contributed by atoms with van der Waals surface area (Å²) in [6.07, 6.45) is 12.6. The number of benzene rings is 1. The second-order valence-electron chi connectivity index (χ2n) is 6.70. The molecule has 1 fully saturated rings. The number of hydrogen-bond acceptors (Lipinski definition) is 4. The SMILES string of the molecule is C#CCNS(=O)(=O)c1ccc(C(=O)N2CCCCCC2c2ccncc2)cc1. The van der Waals surface area contributed by atoms with Crippen LogP contribution in [0.15, 0.2) is 53.7 Å². The molecule has 1 aromatic carbocycles. The molecule has 0 bridgehead atoms. The highest BCUT2D eigenvalue weighted by molar-refractivity contribution is 7.89. The molecule has 1 unspecified atom stereocenters. The summed E-state index contributed by atoms with van der Waals surface area (Å²) < 4.78 is 26.6. The summed E-state index contributed by atoms with van der Waals surface area (Å²) in [5, 5.41) is 0. The predicted octanol–water partition coefficient (Wildman–Crippen LogP) is 2.75. The first-order chi connectivity index (χ1) is 13.5. The Kier molecular flexibility index (Phi) is 6.45. The molecule has 0 aliphatic carbocycles. The van der Waals surface area contributed by atoms with E-state index in [0.717, 1.165) is 31.2 Å². The Bertz CT molecular complexity index is 951. The van der Waals surface area contributed by atoms with E-state index in [9.17, 15) is 13.2 Å². The highest BCUT2D eigenvalue weighted by atomic mass is 32.2. The van der Waals surface area contributed by atoms with Gasteiger partial charge in [0.25, 0.3) is 5.91 Å². The highest BCUT2D eigenvalue weighted by Gasteiger charge is 2.27. The molecule has 1 N–H and O–H groups in total. The van der Waals surface area contributed by atoms with Crippen LogP contribution in [-0.2, 0) is 10.0 Å². The molecule has 3 rings (SSSR count). The van der Waals surface area contributed by atoms with Gasteiger partial charge < -0.3 is 4.90 Å². The van der Waals surface area contributed by atoms with E-state index < -0.39 is 10.0 Å². The van der Waals surface area contributed by atoms with Gasteiger partial charge in [0.15, 0.2) is 0 Å². The van der Waals surface area contributed by atoms with E-state index in [1.165, 1.54) is 12.1 Å². The van der Waals surface area contributed by atoms with Gasteiger partial charge in [-0.05, 0) is 54.8 Å². The monoisotopic (exact) mass is 397 g/mol. The Morgan fingerprint density at radius 1 is 1.14 bits per heavy atom. The van der Waals surface area contributed by atoms with Crippen LogP contribution < -0.4 is 4.72 Å². The average Bonchev–Trinajstić information content (AvgIpc) is 2.98. The van der Waals surface area contributed by atoms with Crippen molar-refractivity contribution >= 4 is 15.9 Å². The maximum atomic E-state index is 13.2. The van der Waals surface area contributed by atoms with Crippen LogP contribution in [0.3, 0.4) is 0 Å². The quantitative estimate of drug-likeness (QED) is 0.787. The van der Waals surface area contributed by atoms with Crippen molar-refractivity contribution in [1.29, 1.82) is 0 Å². The van der Waals surface area contributed by atoms with Crippen LogP contribution in [0, 0.1) is 12.3 Å². The fourth-order valence-electron chi connectivity index (χ4n) is 3.45. The Morgan fingerprint density at radius 2 is 1.86 bits per heavy atom. The molecule has 0 spiro atoms. The number of amides is 1. The number of hydrogen-bond donors (Lipinski definition) is 1. The van der Waals surface area contributed by atoms with E-state index in [2.05, 4.69) is 15.6 Å². The Balaban J connectivity index is 1.84. The maximum absolute atomic E-state index is 13.2. The molecule has 1 aromatic heterocycles. The van der Waals surface area contributed by atoms with Gasteiger partial charge in [0.05, 0.1) is 17.5 Å². The maximum Gasteiger partial charge on any atom is 0.254 e. The number of carbonyl (C=O) groups excluding carboxylic acids is 1. The lowest BCUT2D eigenvalue weighted by Gasteiger charge is -2.30. The third-order valence-corrected chi connectivity index (χ3v) is 6.30. The molecule has 6 nitrogen and oxygen atoms in total. The smallest absolute Gasteiger partial charge is 0.254 e. The molecule has 0 radical (unpaired) electrons. The molecule has 2 heterocycles. The lowest BCUT2D eigenvalue weighted by Crippen LogP contribution is -2.34. The molecule has 1 amide bonds. The second-order valence-corrected chi connectivity index (χ2v) is 8.46.